The maximum atomic E-state index is 13.0. The van der Waals surface area contributed by atoms with Crippen molar-refractivity contribution in [2.75, 3.05) is 0 Å². The van der Waals surface area contributed by atoms with Crippen LogP contribution in [0.15, 0.2) is 53.3 Å². The van der Waals surface area contributed by atoms with E-state index in [-0.39, 0.29) is 24.2 Å². The summed E-state index contributed by atoms with van der Waals surface area (Å²) < 4.78 is 1.53. The predicted molar refractivity (Wildman–Crippen MR) is 97.3 cm³/mol. The largest absolute Gasteiger partial charge is 0.334 e. The monoisotopic (exact) mass is 335 g/mol. The van der Waals surface area contributed by atoms with Crippen LogP contribution in [0.1, 0.15) is 24.5 Å². The highest BCUT2D eigenvalue weighted by molar-refractivity contribution is 5.81. The summed E-state index contributed by atoms with van der Waals surface area (Å²) in [6.07, 6.45) is 1.78. The third kappa shape index (κ3) is 2.76. The molecule has 0 saturated heterocycles. The van der Waals surface area contributed by atoms with Crippen LogP contribution in [0.2, 0.25) is 0 Å². The Morgan fingerprint density at radius 3 is 2.64 bits per heavy atom. The van der Waals surface area contributed by atoms with Crippen molar-refractivity contribution in [1.29, 1.82) is 0 Å². The van der Waals surface area contributed by atoms with Crippen LogP contribution < -0.4 is 5.69 Å². The quantitative estimate of drug-likeness (QED) is 0.800. The molecule has 0 aliphatic carbocycles. The van der Waals surface area contributed by atoms with Gasteiger partial charge in [-0.1, -0.05) is 43.3 Å². The zero-order chi connectivity index (χ0) is 17.4. The molecule has 1 aliphatic rings. The Morgan fingerprint density at radius 2 is 1.84 bits per heavy atom. The Hall–Kier alpha value is -2.82. The van der Waals surface area contributed by atoms with Crippen molar-refractivity contribution in [2.45, 2.75) is 38.9 Å². The zero-order valence-electron chi connectivity index (χ0n) is 14.2. The van der Waals surface area contributed by atoms with Crippen LogP contribution in [0.3, 0.4) is 0 Å². The van der Waals surface area contributed by atoms with Crippen LogP contribution in [-0.4, -0.2) is 26.4 Å². The summed E-state index contributed by atoms with van der Waals surface area (Å²) in [6.45, 7) is 2.79. The number of nitrogens with zero attached hydrogens (tertiary/aromatic N) is 2. The summed E-state index contributed by atoms with van der Waals surface area (Å²) in [4.78, 5) is 30.0. The molecule has 2 aromatic carbocycles. The van der Waals surface area contributed by atoms with E-state index in [1.54, 1.807) is 0 Å². The molecule has 1 N–H and O–H groups in total. The molecule has 0 bridgehead atoms. The van der Waals surface area contributed by atoms with Crippen LogP contribution in [0.4, 0.5) is 0 Å². The van der Waals surface area contributed by atoms with Crippen LogP contribution in [0.5, 0.6) is 0 Å². The van der Waals surface area contributed by atoms with Gasteiger partial charge in [0.15, 0.2) is 0 Å². The number of aromatic nitrogens is 2. The van der Waals surface area contributed by atoms with Crippen molar-refractivity contribution in [3.63, 3.8) is 0 Å². The van der Waals surface area contributed by atoms with E-state index in [1.165, 1.54) is 15.7 Å². The molecule has 0 saturated carbocycles. The number of rotatable bonds is 3. The molecule has 0 fully saturated rings. The number of carbonyl (C=O) groups excluding carboxylic acids is 1. The maximum absolute atomic E-state index is 13.0. The molecule has 1 aliphatic heterocycles. The van der Waals surface area contributed by atoms with Crippen molar-refractivity contribution in [2.24, 2.45) is 0 Å². The number of para-hydroxylation sites is 2. The molecule has 1 atom stereocenters. The standard InChI is InChI=1S/C20H21N3O2/c1-2-16-11-14-7-3-4-8-15(14)12-22(16)19(24)13-23-18-10-6-5-9-17(18)21-20(23)25/h3-10,16H,2,11-13H2,1H3,(H,21,25). The number of benzene rings is 2. The van der Waals surface area contributed by atoms with Crippen LogP contribution in [-0.2, 0) is 24.3 Å². The first kappa shape index (κ1) is 15.7. The van der Waals surface area contributed by atoms with Gasteiger partial charge in [0.25, 0.3) is 0 Å². The number of hydrogen-bond acceptors (Lipinski definition) is 2. The minimum atomic E-state index is -0.236. The fourth-order valence-electron chi connectivity index (χ4n) is 3.73. The lowest BCUT2D eigenvalue weighted by Crippen LogP contribution is -2.46. The highest BCUT2D eigenvalue weighted by atomic mass is 16.2. The van der Waals surface area contributed by atoms with Crippen molar-refractivity contribution in [1.82, 2.24) is 14.5 Å². The van der Waals surface area contributed by atoms with E-state index < -0.39 is 0 Å². The molecule has 1 amide bonds. The van der Waals surface area contributed by atoms with E-state index in [2.05, 4.69) is 30.1 Å². The van der Waals surface area contributed by atoms with Gasteiger partial charge in [0, 0.05) is 12.6 Å². The Balaban J connectivity index is 1.64. The van der Waals surface area contributed by atoms with E-state index in [4.69, 9.17) is 0 Å². The van der Waals surface area contributed by atoms with Crippen molar-refractivity contribution >= 4 is 16.9 Å². The van der Waals surface area contributed by atoms with Crippen LogP contribution in [0, 0.1) is 0 Å². The zero-order valence-corrected chi connectivity index (χ0v) is 14.2. The fourth-order valence-corrected chi connectivity index (χ4v) is 3.73. The Labute approximate surface area is 145 Å². The third-order valence-corrected chi connectivity index (χ3v) is 5.12. The van der Waals surface area contributed by atoms with Crippen LogP contribution >= 0.6 is 0 Å². The first-order valence-corrected chi connectivity index (χ1v) is 8.71. The number of H-pyrrole nitrogens is 1. The first-order chi connectivity index (χ1) is 12.2. The molecule has 1 aromatic heterocycles. The summed E-state index contributed by atoms with van der Waals surface area (Å²) in [5, 5.41) is 0. The second-order valence-corrected chi connectivity index (χ2v) is 6.59. The summed E-state index contributed by atoms with van der Waals surface area (Å²) >= 11 is 0. The number of carbonyl (C=O) groups is 1. The smallest absolute Gasteiger partial charge is 0.326 e. The predicted octanol–water partition coefficient (Wildman–Crippen LogP) is 2.69. The minimum absolute atomic E-state index is 0.00629. The summed E-state index contributed by atoms with van der Waals surface area (Å²) in [7, 11) is 0. The normalized spacial score (nSPS) is 16.8. The topological polar surface area (TPSA) is 58.1 Å². The van der Waals surface area contributed by atoms with Crippen molar-refractivity contribution < 1.29 is 4.79 Å². The molecule has 5 nitrogen and oxygen atoms in total. The second kappa shape index (κ2) is 6.24. The van der Waals surface area contributed by atoms with Gasteiger partial charge in [-0.3, -0.25) is 9.36 Å². The lowest BCUT2D eigenvalue weighted by Gasteiger charge is -2.36. The number of fused-ring (bicyclic) bond motifs is 2. The van der Waals surface area contributed by atoms with E-state index in [0.29, 0.717) is 6.54 Å². The van der Waals surface area contributed by atoms with E-state index in [9.17, 15) is 9.59 Å². The van der Waals surface area contributed by atoms with Gasteiger partial charge >= 0.3 is 5.69 Å². The van der Waals surface area contributed by atoms with E-state index in [1.807, 2.05) is 35.2 Å². The van der Waals surface area contributed by atoms with Gasteiger partial charge in [0.1, 0.15) is 6.54 Å². The van der Waals surface area contributed by atoms with Gasteiger partial charge in [0.05, 0.1) is 11.0 Å². The van der Waals surface area contributed by atoms with Crippen molar-refractivity contribution in [3.05, 3.63) is 70.1 Å². The van der Waals surface area contributed by atoms with Gasteiger partial charge < -0.3 is 9.88 Å². The average Bonchev–Trinajstić information content (AvgIpc) is 2.96. The second-order valence-electron chi connectivity index (χ2n) is 6.59. The molecule has 3 aromatic rings. The number of imidazole rings is 1. The van der Waals surface area contributed by atoms with Gasteiger partial charge in [-0.15, -0.1) is 0 Å². The molecular weight excluding hydrogens is 314 g/mol. The molecule has 5 heteroatoms. The molecule has 0 spiro atoms. The van der Waals surface area contributed by atoms with Crippen LogP contribution in [0.25, 0.3) is 11.0 Å². The highest BCUT2D eigenvalue weighted by Gasteiger charge is 2.28. The lowest BCUT2D eigenvalue weighted by atomic mass is 9.92. The lowest BCUT2D eigenvalue weighted by molar-refractivity contribution is -0.135. The minimum Gasteiger partial charge on any atom is -0.334 e. The molecule has 4 rings (SSSR count). The number of hydrogen-bond donors (Lipinski definition) is 1. The highest BCUT2D eigenvalue weighted by Crippen LogP contribution is 2.25. The Morgan fingerprint density at radius 1 is 1.12 bits per heavy atom. The summed E-state index contributed by atoms with van der Waals surface area (Å²) in [5.74, 6) is -0.00629. The van der Waals surface area contributed by atoms with Gasteiger partial charge in [-0.2, -0.15) is 0 Å². The molecule has 1 unspecified atom stereocenters. The SMILES string of the molecule is CCC1Cc2ccccc2CN1C(=O)Cn1c(=O)[nH]c2ccccc21. The number of amides is 1. The van der Waals surface area contributed by atoms with Gasteiger partial charge in [-0.25, -0.2) is 4.79 Å². The molecule has 0 radical (unpaired) electrons. The molecule has 25 heavy (non-hydrogen) atoms. The van der Waals surface area contributed by atoms with E-state index >= 15 is 0 Å². The molecular formula is C20H21N3O2. The maximum Gasteiger partial charge on any atom is 0.326 e. The fraction of sp³-hybridized carbons (Fsp3) is 0.300. The van der Waals surface area contributed by atoms with Crippen molar-refractivity contribution in [3.8, 4) is 0 Å². The third-order valence-electron chi connectivity index (χ3n) is 5.12. The summed E-state index contributed by atoms with van der Waals surface area (Å²) in [5.41, 5.74) is 3.82. The Bertz CT molecular complexity index is 986. The average molecular weight is 335 g/mol. The molecule has 128 valence electrons. The Kier molecular flexibility index (Phi) is 3.92. The molecule has 2 heterocycles. The van der Waals surface area contributed by atoms with Gasteiger partial charge in [0.2, 0.25) is 5.91 Å². The summed E-state index contributed by atoms with van der Waals surface area (Å²) in [6, 6.07) is 15.9. The van der Waals surface area contributed by atoms with Gasteiger partial charge in [-0.05, 0) is 36.1 Å². The number of aromatic amines is 1. The van der Waals surface area contributed by atoms with E-state index in [0.717, 1.165) is 23.9 Å². The number of nitrogens with one attached hydrogen (secondary N) is 1. The first-order valence-electron chi connectivity index (χ1n) is 8.71.